The monoisotopic (exact) mass is 469 g/mol. The minimum Gasteiger partial charge on any atom is -0.326 e. The van der Waals surface area contributed by atoms with Crippen molar-refractivity contribution in [1.82, 2.24) is 4.98 Å². The SMILES string of the molecule is NCc1ccc(C(=O)CC(C[N+](=O)[O-])(c2cc(Cl)nc(C(F)(F)F)c2)C(F)(F)F)cc1. The van der Waals surface area contributed by atoms with Crippen LogP contribution in [0, 0.1) is 10.1 Å². The van der Waals surface area contributed by atoms with Crippen molar-refractivity contribution in [3.8, 4) is 0 Å². The van der Waals surface area contributed by atoms with Crippen LogP contribution in [0.15, 0.2) is 36.4 Å². The number of carbonyl (C=O) groups excluding carboxylic acids is 1. The Labute approximate surface area is 176 Å². The summed E-state index contributed by atoms with van der Waals surface area (Å²) in [6.07, 6.45) is -12.2. The molecule has 0 fully saturated rings. The summed E-state index contributed by atoms with van der Waals surface area (Å²) in [5, 5.41) is 10.2. The first-order valence-electron chi connectivity index (χ1n) is 8.45. The van der Waals surface area contributed by atoms with Gasteiger partial charge in [-0.05, 0) is 23.3 Å². The van der Waals surface area contributed by atoms with E-state index in [4.69, 9.17) is 17.3 Å². The molecule has 0 aliphatic heterocycles. The zero-order valence-corrected chi connectivity index (χ0v) is 16.2. The van der Waals surface area contributed by atoms with Crippen molar-refractivity contribution >= 4 is 17.4 Å². The molecule has 0 aliphatic carbocycles. The van der Waals surface area contributed by atoms with Crippen molar-refractivity contribution in [3.63, 3.8) is 0 Å². The molecule has 13 heteroatoms. The number of hydrogen-bond acceptors (Lipinski definition) is 5. The average Bonchev–Trinajstić information content (AvgIpc) is 2.65. The van der Waals surface area contributed by atoms with Crippen LogP contribution in [-0.4, -0.2) is 28.4 Å². The number of pyridine rings is 1. The number of carbonyl (C=O) groups is 1. The molecule has 1 atom stereocenters. The van der Waals surface area contributed by atoms with Gasteiger partial charge >= 0.3 is 12.4 Å². The summed E-state index contributed by atoms with van der Waals surface area (Å²) in [6, 6.07) is 5.57. The van der Waals surface area contributed by atoms with Gasteiger partial charge in [-0.25, -0.2) is 4.98 Å². The fraction of sp³-hybridized carbons (Fsp3) is 0.333. The van der Waals surface area contributed by atoms with E-state index in [0.29, 0.717) is 11.6 Å². The molecular formula is C18H14ClF6N3O3. The van der Waals surface area contributed by atoms with E-state index >= 15 is 0 Å². The summed E-state index contributed by atoms with van der Waals surface area (Å²) in [5.74, 6) is -1.16. The number of aromatic nitrogens is 1. The van der Waals surface area contributed by atoms with Crippen LogP contribution in [-0.2, 0) is 18.1 Å². The Morgan fingerprint density at radius 1 is 1.10 bits per heavy atom. The Kier molecular flexibility index (Phi) is 6.96. The maximum absolute atomic E-state index is 14.2. The number of nitrogens with two attached hydrogens (primary N) is 1. The Morgan fingerprint density at radius 3 is 2.13 bits per heavy atom. The van der Waals surface area contributed by atoms with E-state index in [2.05, 4.69) is 4.98 Å². The Balaban J connectivity index is 2.68. The topological polar surface area (TPSA) is 99.1 Å². The number of hydrogen-bond donors (Lipinski definition) is 1. The molecule has 6 nitrogen and oxygen atoms in total. The predicted molar refractivity (Wildman–Crippen MR) is 97.1 cm³/mol. The van der Waals surface area contributed by atoms with Gasteiger partial charge in [-0.15, -0.1) is 0 Å². The Hall–Kier alpha value is -2.73. The van der Waals surface area contributed by atoms with Gasteiger partial charge in [0.2, 0.25) is 6.54 Å². The van der Waals surface area contributed by atoms with Crippen molar-refractivity contribution in [2.75, 3.05) is 6.54 Å². The number of halogens is 7. The van der Waals surface area contributed by atoms with E-state index in [-0.39, 0.29) is 18.2 Å². The fourth-order valence-electron chi connectivity index (χ4n) is 2.94. The maximum atomic E-state index is 14.2. The van der Waals surface area contributed by atoms with Crippen LogP contribution in [0.2, 0.25) is 5.15 Å². The summed E-state index contributed by atoms with van der Waals surface area (Å²) in [6.45, 7) is -1.79. The van der Waals surface area contributed by atoms with Crippen molar-refractivity contribution in [2.45, 2.75) is 30.7 Å². The molecule has 0 bridgehead atoms. The van der Waals surface area contributed by atoms with Gasteiger partial charge in [0.1, 0.15) is 10.8 Å². The van der Waals surface area contributed by atoms with Crippen LogP contribution in [0.4, 0.5) is 26.3 Å². The minimum atomic E-state index is -5.47. The summed E-state index contributed by atoms with van der Waals surface area (Å²) in [4.78, 5) is 25.3. The Bertz CT molecular complexity index is 979. The second-order valence-electron chi connectivity index (χ2n) is 6.63. The molecule has 0 saturated carbocycles. The summed E-state index contributed by atoms with van der Waals surface area (Å²) in [7, 11) is 0. The number of ketones is 1. The first-order chi connectivity index (χ1) is 14.2. The second-order valence-corrected chi connectivity index (χ2v) is 7.02. The molecule has 0 radical (unpaired) electrons. The molecule has 2 rings (SSSR count). The number of nitro groups is 1. The number of nitrogens with zero attached hydrogens (tertiary/aromatic N) is 2. The van der Waals surface area contributed by atoms with E-state index in [1.165, 1.54) is 24.3 Å². The van der Waals surface area contributed by atoms with Gasteiger partial charge in [0.15, 0.2) is 11.2 Å². The standard InChI is InChI=1S/C18H14ClF6N3O3/c19-15-6-12(5-14(27-15)17(20,21)22)16(9-28(30)31,18(23,24)25)7-13(29)11-3-1-10(8-26)2-4-11/h1-6H,7-9,26H2. The van der Waals surface area contributed by atoms with Crippen molar-refractivity contribution in [3.05, 3.63) is 74.0 Å². The van der Waals surface area contributed by atoms with E-state index in [0.717, 1.165) is 0 Å². The molecule has 0 aliphatic rings. The first kappa shape index (κ1) is 24.5. The van der Waals surface area contributed by atoms with Crippen molar-refractivity contribution in [2.24, 2.45) is 5.73 Å². The summed E-state index contributed by atoms with van der Waals surface area (Å²) < 4.78 is 81.7. The third kappa shape index (κ3) is 5.50. The largest absolute Gasteiger partial charge is 0.433 e. The van der Waals surface area contributed by atoms with Crippen LogP contribution >= 0.6 is 11.6 Å². The number of Topliss-reactive ketones (excluding diaryl/α,β-unsaturated/α-hetero) is 1. The molecule has 0 saturated heterocycles. The highest BCUT2D eigenvalue weighted by Gasteiger charge is 2.61. The van der Waals surface area contributed by atoms with Crippen molar-refractivity contribution in [1.29, 1.82) is 0 Å². The molecule has 1 unspecified atom stereocenters. The molecule has 0 spiro atoms. The quantitative estimate of drug-likeness (QED) is 0.211. The summed E-state index contributed by atoms with van der Waals surface area (Å²) in [5.41, 5.74) is -0.771. The van der Waals surface area contributed by atoms with Crippen LogP contribution in [0.5, 0.6) is 0 Å². The van der Waals surface area contributed by atoms with Crippen LogP contribution in [0.3, 0.4) is 0 Å². The van der Waals surface area contributed by atoms with Gasteiger partial charge in [-0.3, -0.25) is 14.9 Å². The molecule has 1 aromatic heterocycles. The number of benzene rings is 1. The lowest BCUT2D eigenvalue weighted by Gasteiger charge is -2.32. The molecule has 31 heavy (non-hydrogen) atoms. The van der Waals surface area contributed by atoms with Gasteiger partial charge in [0, 0.05) is 23.5 Å². The molecule has 1 aromatic carbocycles. The smallest absolute Gasteiger partial charge is 0.326 e. The number of rotatable bonds is 7. The highest BCUT2D eigenvalue weighted by Crippen LogP contribution is 2.46. The van der Waals surface area contributed by atoms with E-state index in [1.54, 1.807) is 0 Å². The third-order valence-electron chi connectivity index (χ3n) is 4.55. The second kappa shape index (κ2) is 8.79. The lowest BCUT2D eigenvalue weighted by Crippen LogP contribution is -2.49. The lowest BCUT2D eigenvalue weighted by atomic mass is 9.74. The van der Waals surface area contributed by atoms with Gasteiger partial charge in [-0.2, -0.15) is 26.3 Å². The molecule has 168 valence electrons. The minimum absolute atomic E-state index is 0.0215. The van der Waals surface area contributed by atoms with E-state index < -0.39 is 57.9 Å². The Morgan fingerprint density at radius 2 is 1.68 bits per heavy atom. The fourth-order valence-corrected chi connectivity index (χ4v) is 3.15. The molecule has 1 heterocycles. The number of alkyl halides is 6. The van der Waals surface area contributed by atoms with Gasteiger partial charge < -0.3 is 5.73 Å². The molecule has 2 aromatic rings. The van der Waals surface area contributed by atoms with Crippen LogP contribution < -0.4 is 5.73 Å². The lowest BCUT2D eigenvalue weighted by molar-refractivity contribution is -0.501. The first-order valence-corrected chi connectivity index (χ1v) is 8.83. The average molecular weight is 470 g/mol. The summed E-state index contributed by atoms with van der Waals surface area (Å²) >= 11 is 5.49. The molecule has 0 amide bonds. The van der Waals surface area contributed by atoms with Crippen LogP contribution in [0.25, 0.3) is 0 Å². The molecular weight excluding hydrogens is 456 g/mol. The highest BCUT2D eigenvalue weighted by atomic mass is 35.5. The van der Waals surface area contributed by atoms with E-state index in [9.17, 15) is 41.3 Å². The van der Waals surface area contributed by atoms with E-state index in [1.807, 2.05) is 0 Å². The third-order valence-corrected chi connectivity index (χ3v) is 4.75. The van der Waals surface area contributed by atoms with Gasteiger partial charge in [0.25, 0.3) is 0 Å². The maximum Gasteiger partial charge on any atom is 0.433 e. The highest BCUT2D eigenvalue weighted by molar-refractivity contribution is 6.29. The zero-order chi connectivity index (χ0) is 23.6. The van der Waals surface area contributed by atoms with Crippen molar-refractivity contribution < 1.29 is 36.1 Å². The predicted octanol–water partition coefficient (Wildman–Crippen LogP) is 4.56. The van der Waals surface area contributed by atoms with Crippen LogP contribution in [0.1, 0.15) is 33.6 Å². The normalized spacial score (nSPS) is 14.2. The molecule has 2 N–H and O–H groups in total. The van der Waals surface area contributed by atoms with Gasteiger partial charge in [-0.1, -0.05) is 35.9 Å². The van der Waals surface area contributed by atoms with Gasteiger partial charge in [0.05, 0.1) is 0 Å². The zero-order valence-electron chi connectivity index (χ0n) is 15.4.